The molecule has 0 bridgehead atoms. The monoisotopic (exact) mass is 336 g/mol. The van der Waals surface area contributed by atoms with E-state index in [1.54, 1.807) is 0 Å². The fourth-order valence-corrected chi connectivity index (χ4v) is 3.38. The summed E-state index contributed by atoms with van der Waals surface area (Å²) in [4.78, 5) is 9.41. The van der Waals surface area contributed by atoms with Gasteiger partial charge in [-0.15, -0.1) is 0 Å². The van der Waals surface area contributed by atoms with Crippen molar-refractivity contribution in [3.05, 3.63) is 60.3 Å². The van der Waals surface area contributed by atoms with E-state index in [1.807, 2.05) is 24.7 Å². The zero-order valence-electron chi connectivity index (χ0n) is 14.6. The average molecular weight is 336 g/mol. The van der Waals surface area contributed by atoms with Gasteiger partial charge in [-0.05, 0) is 5.56 Å². The van der Waals surface area contributed by atoms with Crippen LogP contribution in [0.1, 0.15) is 11.4 Å². The van der Waals surface area contributed by atoms with Crippen molar-refractivity contribution in [1.82, 2.24) is 29.5 Å². The molecular formula is C19H24N6. The lowest BCUT2D eigenvalue weighted by atomic mass is 10.1. The van der Waals surface area contributed by atoms with E-state index < -0.39 is 0 Å². The van der Waals surface area contributed by atoms with E-state index in [-0.39, 0.29) is 0 Å². The summed E-state index contributed by atoms with van der Waals surface area (Å²) >= 11 is 0. The van der Waals surface area contributed by atoms with Crippen LogP contribution in [0, 0.1) is 0 Å². The summed E-state index contributed by atoms with van der Waals surface area (Å²) in [6.45, 7) is 6.17. The highest BCUT2D eigenvalue weighted by Crippen LogP contribution is 2.22. The fraction of sp³-hybridized carbons (Fsp3) is 0.368. The number of benzene rings is 1. The molecule has 6 heteroatoms. The maximum atomic E-state index is 4.43. The van der Waals surface area contributed by atoms with Crippen molar-refractivity contribution < 1.29 is 0 Å². The minimum absolute atomic E-state index is 0.929. The molecule has 0 spiro atoms. The number of aromatic amines is 1. The second kappa shape index (κ2) is 7.21. The maximum absolute atomic E-state index is 4.43. The van der Waals surface area contributed by atoms with Crippen molar-refractivity contribution in [3.8, 4) is 11.3 Å². The van der Waals surface area contributed by atoms with Gasteiger partial charge >= 0.3 is 0 Å². The van der Waals surface area contributed by atoms with Crippen LogP contribution in [-0.4, -0.2) is 55.7 Å². The van der Waals surface area contributed by atoms with Gasteiger partial charge in [0.25, 0.3) is 0 Å². The summed E-state index contributed by atoms with van der Waals surface area (Å²) < 4.78 is 2.10. The number of hydrogen-bond acceptors (Lipinski definition) is 4. The second-order valence-electron chi connectivity index (χ2n) is 6.64. The molecule has 0 atom stereocenters. The molecule has 1 aromatic carbocycles. The van der Waals surface area contributed by atoms with Crippen molar-refractivity contribution in [2.24, 2.45) is 7.05 Å². The molecule has 1 fully saturated rings. The molecule has 0 unspecified atom stereocenters. The lowest BCUT2D eigenvalue weighted by Crippen LogP contribution is -2.45. The van der Waals surface area contributed by atoms with Gasteiger partial charge in [0.05, 0.1) is 18.4 Å². The summed E-state index contributed by atoms with van der Waals surface area (Å²) in [6.07, 6.45) is 5.84. The Labute approximate surface area is 148 Å². The summed E-state index contributed by atoms with van der Waals surface area (Å²) in [7, 11) is 2.06. The van der Waals surface area contributed by atoms with Crippen LogP contribution in [0.15, 0.2) is 48.9 Å². The molecule has 2 aromatic heterocycles. The van der Waals surface area contributed by atoms with Crippen LogP contribution in [0.3, 0.4) is 0 Å². The normalized spacial score (nSPS) is 16.4. The van der Waals surface area contributed by atoms with Gasteiger partial charge in [0, 0.05) is 57.7 Å². The predicted molar refractivity (Wildman–Crippen MR) is 97.8 cm³/mol. The fourth-order valence-electron chi connectivity index (χ4n) is 3.38. The van der Waals surface area contributed by atoms with E-state index in [9.17, 15) is 0 Å². The minimum atomic E-state index is 0.929. The van der Waals surface area contributed by atoms with Crippen LogP contribution in [0.25, 0.3) is 11.3 Å². The molecule has 1 aliphatic heterocycles. The molecule has 6 nitrogen and oxygen atoms in total. The third kappa shape index (κ3) is 3.65. The molecule has 1 aliphatic rings. The zero-order valence-corrected chi connectivity index (χ0v) is 14.6. The SMILES string of the molecule is Cn1ccnc1CN1CCN(Cc2cn[nH]c2-c2ccccc2)CC1. The van der Waals surface area contributed by atoms with Gasteiger partial charge in [0.1, 0.15) is 5.82 Å². The maximum Gasteiger partial charge on any atom is 0.122 e. The van der Waals surface area contributed by atoms with Crippen LogP contribution >= 0.6 is 0 Å². The molecule has 0 amide bonds. The molecule has 0 aliphatic carbocycles. The average Bonchev–Trinajstić information content (AvgIpc) is 3.27. The lowest BCUT2D eigenvalue weighted by molar-refractivity contribution is 0.119. The molecule has 25 heavy (non-hydrogen) atoms. The molecule has 3 aromatic rings. The molecule has 4 rings (SSSR count). The van der Waals surface area contributed by atoms with E-state index in [1.165, 1.54) is 11.1 Å². The van der Waals surface area contributed by atoms with Gasteiger partial charge in [-0.3, -0.25) is 14.9 Å². The number of H-pyrrole nitrogens is 1. The van der Waals surface area contributed by atoms with E-state index in [4.69, 9.17) is 0 Å². The smallest absolute Gasteiger partial charge is 0.122 e. The molecular weight excluding hydrogens is 312 g/mol. The summed E-state index contributed by atoms with van der Waals surface area (Å²) in [5.41, 5.74) is 3.60. The van der Waals surface area contributed by atoms with Crippen LogP contribution in [-0.2, 0) is 20.1 Å². The van der Waals surface area contributed by atoms with E-state index in [0.29, 0.717) is 0 Å². The summed E-state index contributed by atoms with van der Waals surface area (Å²) in [6, 6.07) is 10.4. The van der Waals surface area contributed by atoms with Gasteiger partial charge in [0.2, 0.25) is 0 Å². The van der Waals surface area contributed by atoms with Crippen molar-refractivity contribution in [3.63, 3.8) is 0 Å². The van der Waals surface area contributed by atoms with Crippen molar-refractivity contribution in [2.75, 3.05) is 26.2 Å². The first kappa shape index (κ1) is 16.1. The Hall–Kier alpha value is -2.44. The van der Waals surface area contributed by atoms with Gasteiger partial charge in [-0.2, -0.15) is 5.10 Å². The largest absolute Gasteiger partial charge is 0.337 e. The van der Waals surface area contributed by atoms with E-state index in [0.717, 1.165) is 50.8 Å². The molecule has 130 valence electrons. The molecule has 0 saturated carbocycles. The number of rotatable bonds is 5. The van der Waals surface area contributed by atoms with Gasteiger partial charge in [-0.1, -0.05) is 30.3 Å². The summed E-state index contributed by atoms with van der Waals surface area (Å²) in [5, 5.41) is 7.42. The van der Waals surface area contributed by atoms with Crippen molar-refractivity contribution >= 4 is 0 Å². The van der Waals surface area contributed by atoms with Gasteiger partial charge in [0.15, 0.2) is 0 Å². The Kier molecular flexibility index (Phi) is 4.63. The van der Waals surface area contributed by atoms with E-state index in [2.05, 4.69) is 60.9 Å². The zero-order chi connectivity index (χ0) is 17.1. The third-order valence-corrected chi connectivity index (χ3v) is 4.93. The first-order valence-corrected chi connectivity index (χ1v) is 8.78. The lowest BCUT2D eigenvalue weighted by Gasteiger charge is -2.34. The first-order valence-electron chi connectivity index (χ1n) is 8.78. The number of nitrogens with one attached hydrogen (secondary N) is 1. The highest BCUT2D eigenvalue weighted by Gasteiger charge is 2.20. The molecule has 1 N–H and O–H groups in total. The number of nitrogens with zero attached hydrogens (tertiary/aromatic N) is 5. The van der Waals surface area contributed by atoms with Crippen LogP contribution in [0.5, 0.6) is 0 Å². The summed E-state index contributed by atoms with van der Waals surface area (Å²) in [5.74, 6) is 1.13. The van der Waals surface area contributed by atoms with Crippen LogP contribution in [0.4, 0.5) is 0 Å². The second-order valence-corrected chi connectivity index (χ2v) is 6.64. The predicted octanol–water partition coefficient (Wildman–Crippen LogP) is 2.13. The van der Waals surface area contributed by atoms with Crippen molar-refractivity contribution in [1.29, 1.82) is 0 Å². The Morgan fingerprint density at radius 2 is 1.72 bits per heavy atom. The number of hydrogen-bond donors (Lipinski definition) is 1. The Bertz CT molecular complexity index is 798. The number of piperazine rings is 1. The van der Waals surface area contributed by atoms with Crippen LogP contribution in [0.2, 0.25) is 0 Å². The topological polar surface area (TPSA) is 53.0 Å². The van der Waals surface area contributed by atoms with Gasteiger partial charge < -0.3 is 4.57 Å². The number of aryl methyl sites for hydroxylation is 1. The highest BCUT2D eigenvalue weighted by atomic mass is 15.3. The third-order valence-electron chi connectivity index (χ3n) is 4.93. The Morgan fingerprint density at radius 3 is 2.40 bits per heavy atom. The van der Waals surface area contributed by atoms with Gasteiger partial charge in [-0.25, -0.2) is 4.98 Å². The highest BCUT2D eigenvalue weighted by molar-refractivity contribution is 5.62. The Morgan fingerprint density at radius 1 is 1.00 bits per heavy atom. The van der Waals surface area contributed by atoms with E-state index >= 15 is 0 Å². The number of imidazole rings is 1. The first-order chi connectivity index (χ1) is 12.3. The number of aromatic nitrogens is 4. The minimum Gasteiger partial charge on any atom is -0.337 e. The molecule has 3 heterocycles. The van der Waals surface area contributed by atoms with Crippen LogP contribution < -0.4 is 0 Å². The standard InChI is InChI=1S/C19H24N6/c1-23-8-7-20-18(23)15-25-11-9-24(10-12-25)14-17-13-21-22-19(17)16-5-3-2-4-6-16/h2-8,13H,9-12,14-15H2,1H3,(H,21,22). The van der Waals surface area contributed by atoms with Crippen molar-refractivity contribution in [2.45, 2.75) is 13.1 Å². The molecule has 1 saturated heterocycles. The Balaban J connectivity index is 1.35. The molecule has 0 radical (unpaired) electrons. The quantitative estimate of drug-likeness (QED) is 0.775.